The molecule has 1 aromatic carbocycles. The van der Waals surface area contributed by atoms with Gasteiger partial charge in [-0.15, -0.1) is 0 Å². The van der Waals surface area contributed by atoms with Crippen LogP contribution in [-0.4, -0.2) is 25.1 Å². The minimum Gasteiger partial charge on any atom is -0.351 e. The Morgan fingerprint density at radius 1 is 1.35 bits per heavy atom. The Labute approximate surface area is 106 Å². The molecule has 0 fully saturated rings. The maximum Gasteiger partial charge on any atom is 0.186 e. The largest absolute Gasteiger partial charge is 0.351 e. The third-order valence-electron chi connectivity index (χ3n) is 2.83. The third-order valence-corrected chi connectivity index (χ3v) is 3.98. The molecule has 1 aromatic heterocycles. The lowest BCUT2D eigenvalue weighted by atomic mass is 9.93. The van der Waals surface area contributed by atoms with Crippen molar-refractivity contribution in [2.45, 2.75) is 13.8 Å². The Kier molecular flexibility index (Phi) is 3.35. The van der Waals surface area contributed by atoms with E-state index in [0.29, 0.717) is 6.54 Å². The van der Waals surface area contributed by atoms with Gasteiger partial charge in [-0.2, -0.15) is 0 Å². The van der Waals surface area contributed by atoms with Crippen LogP contribution in [0, 0.1) is 5.41 Å². The highest BCUT2D eigenvalue weighted by Gasteiger charge is 2.19. The van der Waals surface area contributed by atoms with Gasteiger partial charge in [0.1, 0.15) is 0 Å². The summed E-state index contributed by atoms with van der Waals surface area (Å²) in [5.74, 6) is 0. The summed E-state index contributed by atoms with van der Waals surface area (Å²) in [7, 11) is 2.08. The Bertz CT molecular complexity index is 471. The van der Waals surface area contributed by atoms with Crippen LogP contribution in [0.15, 0.2) is 24.3 Å². The summed E-state index contributed by atoms with van der Waals surface area (Å²) in [6.45, 7) is 5.96. The van der Waals surface area contributed by atoms with Crippen LogP contribution in [-0.2, 0) is 0 Å². The fourth-order valence-electron chi connectivity index (χ4n) is 1.80. The monoisotopic (exact) mass is 249 g/mol. The number of anilines is 1. The molecule has 0 bridgehead atoms. The fraction of sp³-hybridized carbons (Fsp3) is 0.462. The molecule has 0 saturated heterocycles. The summed E-state index contributed by atoms with van der Waals surface area (Å²) in [6.07, 6.45) is 0. The highest BCUT2D eigenvalue weighted by atomic mass is 32.1. The van der Waals surface area contributed by atoms with Crippen molar-refractivity contribution in [3.05, 3.63) is 24.3 Å². The standard InChI is InChI=1S/C13H19N3S/c1-13(2,8-14)9-16(3)12-15-10-6-4-5-7-11(10)17-12/h4-7H,8-9,14H2,1-3H3. The van der Waals surface area contributed by atoms with E-state index < -0.39 is 0 Å². The summed E-state index contributed by atoms with van der Waals surface area (Å²) in [4.78, 5) is 6.83. The second-order valence-corrected chi connectivity index (χ2v) is 6.20. The smallest absolute Gasteiger partial charge is 0.186 e. The minimum atomic E-state index is 0.118. The SMILES string of the molecule is CN(CC(C)(C)CN)c1nc2ccccc2s1. The van der Waals surface area contributed by atoms with Crippen molar-refractivity contribution in [3.63, 3.8) is 0 Å². The molecule has 0 atom stereocenters. The van der Waals surface area contributed by atoms with Crippen LogP contribution < -0.4 is 10.6 Å². The molecule has 1 heterocycles. The van der Waals surface area contributed by atoms with Crippen LogP contribution in [0.3, 0.4) is 0 Å². The molecule has 0 saturated carbocycles. The summed E-state index contributed by atoms with van der Waals surface area (Å²) in [5, 5.41) is 1.06. The molecule has 0 aliphatic heterocycles. The van der Waals surface area contributed by atoms with Gasteiger partial charge < -0.3 is 10.6 Å². The normalized spacial score (nSPS) is 12.0. The molecule has 0 radical (unpaired) electrons. The number of nitrogens with zero attached hydrogens (tertiary/aromatic N) is 2. The zero-order chi connectivity index (χ0) is 12.5. The maximum absolute atomic E-state index is 5.76. The van der Waals surface area contributed by atoms with Gasteiger partial charge >= 0.3 is 0 Å². The number of aromatic nitrogens is 1. The topological polar surface area (TPSA) is 42.1 Å². The molecule has 0 spiro atoms. The molecular weight excluding hydrogens is 230 g/mol. The van der Waals surface area contributed by atoms with Gasteiger partial charge in [0.15, 0.2) is 5.13 Å². The van der Waals surface area contributed by atoms with Crippen LogP contribution >= 0.6 is 11.3 Å². The molecule has 2 aromatic rings. The van der Waals surface area contributed by atoms with Crippen molar-refractivity contribution in [2.24, 2.45) is 11.1 Å². The summed E-state index contributed by atoms with van der Waals surface area (Å²) in [5.41, 5.74) is 6.96. The first-order valence-corrected chi connectivity index (χ1v) is 6.60. The van der Waals surface area contributed by atoms with Crippen molar-refractivity contribution in [1.29, 1.82) is 0 Å². The first-order valence-electron chi connectivity index (χ1n) is 5.79. The molecule has 0 unspecified atom stereocenters. The number of fused-ring (bicyclic) bond motifs is 1. The average Bonchev–Trinajstić information content (AvgIpc) is 2.72. The molecule has 3 nitrogen and oxygen atoms in total. The van der Waals surface area contributed by atoms with Gasteiger partial charge in [0.25, 0.3) is 0 Å². The first kappa shape index (κ1) is 12.3. The van der Waals surface area contributed by atoms with Crippen molar-refractivity contribution < 1.29 is 0 Å². The molecule has 4 heteroatoms. The predicted molar refractivity (Wildman–Crippen MR) is 75.7 cm³/mol. The van der Waals surface area contributed by atoms with E-state index in [1.54, 1.807) is 11.3 Å². The second-order valence-electron chi connectivity index (χ2n) is 5.19. The van der Waals surface area contributed by atoms with Gasteiger partial charge in [0, 0.05) is 13.6 Å². The summed E-state index contributed by atoms with van der Waals surface area (Å²) < 4.78 is 1.24. The van der Waals surface area contributed by atoms with E-state index in [1.165, 1.54) is 4.70 Å². The Balaban J connectivity index is 2.22. The molecule has 0 amide bonds. The van der Waals surface area contributed by atoms with E-state index >= 15 is 0 Å². The number of para-hydroxylation sites is 1. The molecule has 2 rings (SSSR count). The Hall–Kier alpha value is -1.13. The van der Waals surface area contributed by atoms with Gasteiger partial charge in [0.05, 0.1) is 10.2 Å². The molecular formula is C13H19N3S. The van der Waals surface area contributed by atoms with E-state index in [0.717, 1.165) is 17.2 Å². The highest BCUT2D eigenvalue weighted by Crippen LogP contribution is 2.29. The van der Waals surface area contributed by atoms with Gasteiger partial charge in [-0.25, -0.2) is 4.98 Å². The highest BCUT2D eigenvalue weighted by molar-refractivity contribution is 7.22. The van der Waals surface area contributed by atoms with E-state index in [1.807, 2.05) is 12.1 Å². The van der Waals surface area contributed by atoms with Crippen LogP contribution in [0.5, 0.6) is 0 Å². The Morgan fingerprint density at radius 2 is 2.06 bits per heavy atom. The van der Waals surface area contributed by atoms with E-state index in [-0.39, 0.29) is 5.41 Å². The zero-order valence-corrected chi connectivity index (χ0v) is 11.4. The second kappa shape index (κ2) is 4.63. The summed E-state index contributed by atoms with van der Waals surface area (Å²) in [6, 6.07) is 8.24. The predicted octanol–water partition coefficient (Wildman–Crippen LogP) is 2.72. The van der Waals surface area contributed by atoms with E-state index in [4.69, 9.17) is 5.73 Å². The zero-order valence-electron chi connectivity index (χ0n) is 10.6. The average molecular weight is 249 g/mol. The maximum atomic E-state index is 5.76. The molecule has 2 N–H and O–H groups in total. The van der Waals surface area contributed by atoms with Crippen LogP contribution in [0.4, 0.5) is 5.13 Å². The van der Waals surface area contributed by atoms with E-state index in [2.05, 4.69) is 42.9 Å². The molecule has 0 aliphatic carbocycles. The lowest BCUT2D eigenvalue weighted by molar-refractivity contribution is 0.385. The molecule has 92 valence electrons. The van der Waals surface area contributed by atoms with Gasteiger partial charge in [-0.3, -0.25) is 0 Å². The quantitative estimate of drug-likeness (QED) is 0.906. The van der Waals surface area contributed by atoms with Gasteiger partial charge in [0.2, 0.25) is 0 Å². The van der Waals surface area contributed by atoms with Crippen molar-refractivity contribution in [1.82, 2.24) is 4.98 Å². The van der Waals surface area contributed by atoms with Crippen molar-refractivity contribution in [3.8, 4) is 0 Å². The first-order chi connectivity index (χ1) is 8.02. The van der Waals surface area contributed by atoms with Crippen molar-refractivity contribution in [2.75, 3.05) is 25.0 Å². The van der Waals surface area contributed by atoms with Crippen LogP contribution in [0.25, 0.3) is 10.2 Å². The number of hydrogen-bond acceptors (Lipinski definition) is 4. The number of hydrogen-bond donors (Lipinski definition) is 1. The molecule has 17 heavy (non-hydrogen) atoms. The lowest BCUT2D eigenvalue weighted by Crippen LogP contribution is -2.36. The minimum absolute atomic E-state index is 0.118. The number of thiazole rings is 1. The lowest BCUT2D eigenvalue weighted by Gasteiger charge is -2.28. The number of nitrogens with two attached hydrogens (primary N) is 1. The Morgan fingerprint density at radius 3 is 2.71 bits per heavy atom. The fourth-order valence-corrected chi connectivity index (χ4v) is 2.72. The number of benzene rings is 1. The van der Waals surface area contributed by atoms with E-state index in [9.17, 15) is 0 Å². The van der Waals surface area contributed by atoms with Gasteiger partial charge in [-0.05, 0) is 24.1 Å². The van der Waals surface area contributed by atoms with Crippen LogP contribution in [0.2, 0.25) is 0 Å². The van der Waals surface area contributed by atoms with Crippen molar-refractivity contribution >= 4 is 26.7 Å². The number of rotatable bonds is 4. The summed E-state index contributed by atoms with van der Waals surface area (Å²) >= 11 is 1.73. The van der Waals surface area contributed by atoms with Crippen LogP contribution in [0.1, 0.15) is 13.8 Å². The molecule has 0 aliphatic rings. The third kappa shape index (κ3) is 2.76. The van der Waals surface area contributed by atoms with Gasteiger partial charge in [-0.1, -0.05) is 37.3 Å².